The number of nitriles is 1. The Morgan fingerprint density at radius 3 is 2.45 bits per heavy atom. The molecule has 162 valence electrons. The van der Waals surface area contributed by atoms with Crippen LogP contribution >= 0.6 is 0 Å². The van der Waals surface area contributed by atoms with Crippen molar-refractivity contribution in [2.24, 2.45) is 0 Å². The molecule has 0 saturated heterocycles. The summed E-state index contributed by atoms with van der Waals surface area (Å²) in [4.78, 5) is 0. The van der Waals surface area contributed by atoms with Gasteiger partial charge in [0.25, 0.3) is 0 Å². The number of sulfonamides is 1. The Morgan fingerprint density at radius 1 is 1.23 bits per heavy atom. The third-order valence-electron chi connectivity index (χ3n) is 5.70. The van der Waals surface area contributed by atoms with Crippen molar-refractivity contribution in [3.63, 3.8) is 0 Å². The Morgan fingerprint density at radius 2 is 1.90 bits per heavy atom. The number of aryl methyl sites for hydroxylation is 1. The van der Waals surface area contributed by atoms with E-state index in [4.69, 9.17) is 0 Å². The maximum absolute atomic E-state index is 12.6. The number of aromatic nitrogens is 1. The quantitative estimate of drug-likeness (QED) is 0.549. The van der Waals surface area contributed by atoms with Gasteiger partial charge in [0, 0.05) is 23.7 Å². The second-order valence-corrected chi connectivity index (χ2v) is 9.97. The van der Waals surface area contributed by atoms with Crippen LogP contribution in [0.3, 0.4) is 0 Å². The number of nitrogens with one attached hydrogen (secondary N) is 1. The maximum Gasteiger partial charge on any atom is 0.387 e. The van der Waals surface area contributed by atoms with Crippen molar-refractivity contribution in [3.8, 4) is 23.1 Å². The summed E-state index contributed by atoms with van der Waals surface area (Å²) < 4.78 is 58.4. The summed E-state index contributed by atoms with van der Waals surface area (Å²) in [5.74, 6) is 0.0177. The first-order chi connectivity index (χ1) is 14.7. The zero-order chi connectivity index (χ0) is 22.4. The molecule has 0 atom stereocenters. The van der Waals surface area contributed by atoms with E-state index in [2.05, 4.69) is 15.5 Å². The molecule has 3 aromatic rings. The molecule has 1 aliphatic carbocycles. The van der Waals surface area contributed by atoms with Crippen LogP contribution in [-0.2, 0) is 16.6 Å². The fourth-order valence-corrected chi connectivity index (χ4v) is 5.00. The van der Waals surface area contributed by atoms with Gasteiger partial charge in [0.15, 0.2) is 0 Å². The van der Waals surface area contributed by atoms with Crippen LogP contribution in [0.15, 0.2) is 42.5 Å². The van der Waals surface area contributed by atoms with Crippen molar-refractivity contribution in [1.82, 2.24) is 4.57 Å². The molecule has 1 aromatic heterocycles. The number of hydrogen-bond acceptors (Lipinski definition) is 4. The van der Waals surface area contributed by atoms with Crippen molar-refractivity contribution in [1.29, 1.82) is 5.26 Å². The number of nitrogens with zero attached hydrogens (tertiary/aromatic N) is 2. The first kappa shape index (κ1) is 21.1. The highest BCUT2D eigenvalue weighted by Gasteiger charge is 2.50. The lowest BCUT2D eigenvalue weighted by Gasteiger charge is -2.14. The molecule has 2 aromatic carbocycles. The van der Waals surface area contributed by atoms with E-state index < -0.39 is 21.4 Å². The normalized spacial score (nSPS) is 15.1. The van der Waals surface area contributed by atoms with Crippen LogP contribution in [0.4, 0.5) is 14.5 Å². The molecule has 6 nitrogen and oxygen atoms in total. The summed E-state index contributed by atoms with van der Waals surface area (Å²) in [6.45, 7) is 1.17. The van der Waals surface area contributed by atoms with E-state index in [1.54, 1.807) is 37.3 Å². The molecule has 1 aliphatic rings. The molecule has 0 spiro atoms. The molecule has 31 heavy (non-hydrogen) atoms. The van der Waals surface area contributed by atoms with Gasteiger partial charge in [-0.3, -0.25) is 4.72 Å². The van der Waals surface area contributed by atoms with E-state index in [1.807, 2.05) is 11.5 Å². The second kappa shape index (κ2) is 7.54. The molecule has 1 saturated carbocycles. The molecular formula is C22H21F2N3O3S. The van der Waals surface area contributed by atoms with Crippen LogP contribution in [0.1, 0.15) is 32.3 Å². The number of rotatable bonds is 7. The molecular weight excluding hydrogens is 424 g/mol. The van der Waals surface area contributed by atoms with Gasteiger partial charge in [0.1, 0.15) is 11.8 Å². The van der Waals surface area contributed by atoms with Gasteiger partial charge in [-0.1, -0.05) is 12.1 Å². The Labute approximate surface area is 179 Å². The number of ether oxygens (including phenoxy) is 1. The monoisotopic (exact) mass is 445 g/mol. The van der Waals surface area contributed by atoms with Crippen LogP contribution < -0.4 is 9.46 Å². The first-order valence-corrected chi connectivity index (χ1v) is 11.3. The summed E-state index contributed by atoms with van der Waals surface area (Å²) in [5, 5.41) is 10.4. The number of anilines is 1. The lowest BCUT2D eigenvalue weighted by molar-refractivity contribution is -0.0497. The first-order valence-electron chi connectivity index (χ1n) is 9.83. The number of benzene rings is 2. The predicted octanol–water partition coefficient (Wildman–Crippen LogP) is 5.10. The zero-order valence-electron chi connectivity index (χ0n) is 17.0. The summed E-state index contributed by atoms with van der Waals surface area (Å²) in [6.07, 6.45) is 1.28. The molecule has 1 fully saturated rings. The summed E-state index contributed by atoms with van der Waals surface area (Å²) in [5.41, 5.74) is 2.82. The molecule has 9 heteroatoms. The Hall–Kier alpha value is -3.12. The Kier molecular flexibility index (Phi) is 5.13. The smallest absolute Gasteiger partial charge is 0.387 e. The number of alkyl halides is 2. The highest BCUT2D eigenvalue weighted by molar-refractivity contribution is 7.94. The summed E-state index contributed by atoms with van der Waals surface area (Å²) in [7, 11) is -3.46. The van der Waals surface area contributed by atoms with Gasteiger partial charge in [-0.05, 0) is 56.5 Å². The summed E-state index contributed by atoms with van der Waals surface area (Å²) in [6, 6.07) is 13.5. The Bertz CT molecular complexity index is 1290. The molecule has 0 bridgehead atoms. The number of hydrogen-bond donors (Lipinski definition) is 1. The van der Waals surface area contributed by atoms with Crippen LogP contribution in [0.2, 0.25) is 0 Å². The molecule has 0 amide bonds. The fourth-order valence-electron chi connectivity index (χ4n) is 3.67. The minimum absolute atomic E-state index is 0.0177. The highest BCUT2D eigenvalue weighted by atomic mass is 32.2. The third-order valence-corrected chi connectivity index (χ3v) is 7.91. The average Bonchev–Trinajstić information content (AvgIpc) is 3.40. The van der Waals surface area contributed by atoms with Gasteiger partial charge in [0.05, 0.1) is 21.5 Å². The van der Waals surface area contributed by atoms with Gasteiger partial charge in [-0.25, -0.2) is 8.42 Å². The lowest BCUT2D eigenvalue weighted by atomic mass is 10.1. The standard InChI is InChI=1S/C22H21F2N3O3S/c1-3-27-19-12-16(30-21(23)24)8-9-17(19)18(13-25)20(27)14-4-6-15(7-5-14)26-31(28,29)22(2)10-11-22/h4-9,12,21,26H,3,10-11H2,1-2H3. The molecule has 1 N–H and O–H groups in total. The van der Waals surface area contributed by atoms with Gasteiger partial charge in [0.2, 0.25) is 10.0 Å². The van der Waals surface area contributed by atoms with E-state index in [0.717, 1.165) is 0 Å². The van der Waals surface area contributed by atoms with Gasteiger partial charge in [-0.15, -0.1) is 0 Å². The number of fused-ring (bicyclic) bond motifs is 1. The van der Waals surface area contributed by atoms with Crippen molar-refractivity contribution >= 4 is 26.6 Å². The van der Waals surface area contributed by atoms with E-state index in [-0.39, 0.29) is 5.75 Å². The van der Waals surface area contributed by atoms with Gasteiger partial charge in [-0.2, -0.15) is 14.0 Å². The summed E-state index contributed by atoms with van der Waals surface area (Å²) >= 11 is 0. The van der Waals surface area contributed by atoms with E-state index >= 15 is 0 Å². The number of halogens is 2. The van der Waals surface area contributed by atoms with Crippen molar-refractivity contribution in [3.05, 3.63) is 48.0 Å². The highest BCUT2D eigenvalue weighted by Crippen LogP contribution is 2.43. The van der Waals surface area contributed by atoms with Crippen LogP contribution in [0.5, 0.6) is 5.75 Å². The predicted molar refractivity (Wildman–Crippen MR) is 115 cm³/mol. The zero-order valence-corrected chi connectivity index (χ0v) is 17.8. The SMILES string of the molecule is CCn1c(-c2ccc(NS(=O)(=O)C3(C)CC3)cc2)c(C#N)c2ccc(OC(F)F)cc21. The average molecular weight is 445 g/mol. The van der Waals surface area contributed by atoms with Gasteiger partial charge >= 0.3 is 6.61 Å². The van der Waals surface area contributed by atoms with Crippen LogP contribution in [0.25, 0.3) is 22.2 Å². The Balaban J connectivity index is 1.75. The van der Waals surface area contributed by atoms with Crippen LogP contribution in [-0.4, -0.2) is 24.3 Å². The van der Waals surface area contributed by atoms with Crippen molar-refractivity contribution in [2.45, 2.75) is 44.6 Å². The van der Waals surface area contributed by atoms with Crippen molar-refractivity contribution < 1.29 is 21.9 Å². The molecule has 0 radical (unpaired) electrons. The minimum atomic E-state index is -3.46. The minimum Gasteiger partial charge on any atom is -0.435 e. The van der Waals surface area contributed by atoms with E-state index in [0.29, 0.717) is 52.8 Å². The second-order valence-electron chi connectivity index (χ2n) is 7.77. The lowest BCUT2D eigenvalue weighted by Crippen LogP contribution is -2.26. The van der Waals surface area contributed by atoms with E-state index in [1.165, 1.54) is 12.1 Å². The molecule has 4 rings (SSSR count). The molecule has 0 unspecified atom stereocenters. The molecule has 0 aliphatic heterocycles. The van der Waals surface area contributed by atoms with Crippen molar-refractivity contribution in [2.75, 3.05) is 4.72 Å². The molecule has 1 heterocycles. The van der Waals surface area contributed by atoms with Crippen LogP contribution in [0, 0.1) is 11.3 Å². The topological polar surface area (TPSA) is 84.1 Å². The maximum atomic E-state index is 12.6. The van der Waals surface area contributed by atoms with Gasteiger partial charge < -0.3 is 9.30 Å². The fraction of sp³-hybridized carbons (Fsp3) is 0.318. The largest absolute Gasteiger partial charge is 0.435 e. The third kappa shape index (κ3) is 3.72. The van der Waals surface area contributed by atoms with E-state index in [9.17, 15) is 22.5 Å².